The number of hydrogen-bond donors (Lipinski definition) is 3. The summed E-state index contributed by atoms with van der Waals surface area (Å²) in [6, 6.07) is 11.0. The van der Waals surface area contributed by atoms with E-state index in [9.17, 15) is 14.4 Å². The maximum absolute atomic E-state index is 12.2. The molecule has 3 amide bonds. The van der Waals surface area contributed by atoms with Crippen LogP contribution < -0.4 is 16.4 Å². The van der Waals surface area contributed by atoms with Crippen molar-refractivity contribution in [1.82, 2.24) is 10.6 Å². The monoisotopic (exact) mass is 375 g/mol. The Hall–Kier alpha value is -2.87. The summed E-state index contributed by atoms with van der Waals surface area (Å²) in [5.74, 6) is -1.14. The average molecular weight is 375 g/mol. The Morgan fingerprint density at radius 3 is 2.46 bits per heavy atom. The molecule has 0 bridgehead atoms. The zero-order valence-corrected chi connectivity index (χ0v) is 15.1. The summed E-state index contributed by atoms with van der Waals surface area (Å²) < 4.78 is 5.04. The molecule has 0 saturated heterocycles. The molecule has 7 nitrogen and oxygen atoms in total. The lowest BCUT2D eigenvalue weighted by Crippen LogP contribution is -2.46. The first-order chi connectivity index (χ1) is 12.5. The van der Waals surface area contributed by atoms with E-state index in [1.54, 1.807) is 0 Å². The first kappa shape index (κ1) is 19.5. The Bertz CT molecular complexity index is 734. The van der Waals surface area contributed by atoms with Crippen LogP contribution in [0.4, 0.5) is 4.79 Å². The van der Waals surface area contributed by atoms with E-state index in [4.69, 9.17) is 10.5 Å². The number of hydrogen-bond acceptors (Lipinski definition) is 5. The van der Waals surface area contributed by atoms with E-state index < -0.39 is 30.6 Å². The van der Waals surface area contributed by atoms with E-state index in [1.165, 1.54) is 11.3 Å². The minimum Gasteiger partial charge on any atom is -0.454 e. The van der Waals surface area contributed by atoms with Crippen LogP contribution in [0.2, 0.25) is 0 Å². The Labute approximate surface area is 155 Å². The molecule has 0 fully saturated rings. The predicted octanol–water partition coefficient (Wildman–Crippen LogP) is 1.75. The van der Waals surface area contributed by atoms with Gasteiger partial charge in [0.1, 0.15) is 6.04 Å². The van der Waals surface area contributed by atoms with Crippen molar-refractivity contribution in [2.75, 3.05) is 6.61 Å². The Morgan fingerprint density at radius 1 is 1.12 bits per heavy atom. The van der Waals surface area contributed by atoms with Gasteiger partial charge in [-0.05, 0) is 23.9 Å². The molecule has 26 heavy (non-hydrogen) atoms. The minimum atomic E-state index is -0.961. The maximum Gasteiger partial charge on any atom is 0.329 e. The fraction of sp³-hybridized carbons (Fsp3) is 0.278. The molecule has 1 aromatic carbocycles. The second-order valence-electron chi connectivity index (χ2n) is 5.66. The number of ether oxygens (including phenoxy) is 1. The molecule has 4 N–H and O–H groups in total. The molecule has 0 unspecified atom stereocenters. The molecule has 0 aliphatic carbocycles. The molecule has 2 atom stereocenters. The van der Waals surface area contributed by atoms with Crippen LogP contribution in [0.15, 0.2) is 47.8 Å². The molecule has 1 aromatic heterocycles. The highest BCUT2D eigenvalue weighted by Gasteiger charge is 2.23. The fourth-order valence-electron chi connectivity index (χ4n) is 2.34. The van der Waals surface area contributed by atoms with Gasteiger partial charge in [-0.1, -0.05) is 36.4 Å². The smallest absolute Gasteiger partial charge is 0.329 e. The second-order valence-corrected chi connectivity index (χ2v) is 6.64. The lowest BCUT2D eigenvalue weighted by atomic mass is 10.1. The molecule has 0 aliphatic heterocycles. The summed E-state index contributed by atoms with van der Waals surface area (Å²) in [4.78, 5) is 36.3. The SMILES string of the molecule is C[C@@H](NC(=O)COC(=O)[C@H](Cc1ccccc1)NC(N)=O)c1cccs1. The van der Waals surface area contributed by atoms with Gasteiger partial charge in [-0.2, -0.15) is 0 Å². The first-order valence-electron chi connectivity index (χ1n) is 8.05. The van der Waals surface area contributed by atoms with Gasteiger partial charge in [0, 0.05) is 11.3 Å². The highest BCUT2D eigenvalue weighted by atomic mass is 32.1. The van der Waals surface area contributed by atoms with E-state index in [0.29, 0.717) is 0 Å². The van der Waals surface area contributed by atoms with Crippen LogP contribution in [0.3, 0.4) is 0 Å². The number of rotatable bonds is 8. The second kappa shape index (κ2) is 9.57. The van der Waals surface area contributed by atoms with Crippen LogP contribution in [-0.4, -0.2) is 30.6 Å². The maximum atomic E-state index is 12.2. The van der Waals surface area contributed by atoms with Crippen molar-refractivity contribution in [2.24, 2.45) is 5.73 Å². The molecule has 8 heteroatoms. The molecule has 0 aliphatic rings. The van der Waals surface area contributed by atoms with Gasteiger partial charge in [0.15, 0.2) is 6.61 Å². The van der Waals surface area contributed by atoms with Crippen molar-refractivity contribution in [3.05, 3.63) is 58.3 Å². The number of nitrogens with two attached hydrogens (primary N) is 1. The predicted molar refractivity (Wildman–Crippen MR) is 98.5 cm³/mol. The third-order valence-corrected chi connectivity index (χ3v) is 4.63. The van der Waals surface area contributed by atoms with Crippen LogP contribution in [0, 0.1) is 0 Å². The Morgan fingerprint density at radius 2 is 1.85 bits per heavy atom. The molecular weight excluding hydrogens is 354 g/mol. The number of carbonyl (C=O) groups excluding carboxylic acids is 3. The lowest BCUT2D eigenvalue weighted by Gasteiger charge is -2.17. The number of amides is 3. The van der Waals surface area contributed by atoms with E-state index in [-0.39, 0.29) is 12.5 Å². The highest BCUT2D eigenvalue weighted by Crippen LogP contribution is 2.17. The third-order valence-electron chi connectivity index (χ3n) is 3.58. The van der Waals surface area contributed by atoms with Gasteiger partial charge in [0.2, 0.25) is 0 Å². The van der Waals surface area contributed by atoms with Gasteiger partial charge < -0.3 is 21.1 Å². The summed E-state index contributed by atoms with van der Waals surface area (Å²) in [5.41, 5.74) is 5.96. The lowest BCUT2D eigenvalue weighted by molar-refractivity contribution is -0.150. The zero-order chi connectivity index (χ0) is 18.9. The van der Waals surface area contributed by atoms with Crippen molar-refractivity contribution in [1.29, 1.82) is 0 Å². The number of thiophene rings is 1. The number of nitrogens with one attached hydrogen (secondary N) is 2. The molecule has 2 rings (SSSR count). The van der Waals surface area contributed by atoms with E-state index >= 15 is 0 Å². The van der Waals surface area contributed by atoms with Crippen molar-refractivity contribution in [3.63, 3.8) is 0 Å². The van der Waals surface area contributed by atoms with E-state index in [1.807, 2.05) is 54.8 Å². The molecule has 0 saturated carbocycles. The zero-order valence-electron chi connectivity index (χ0n) is 14.3. The molecule has 1 heterocycles. The van der Waals surface area contributed by atoms with Gasteiger partial charge in [-0.15, -0.1) is 11.3 Å². The topological polar surface area (TPSA) is 111 Å². The van der Waals surface area contributed by atoms with Crippen LogP contribution in [0.1, 0.15) is 23.4 Å². The van der Waals surface area contributed by atoms with Crippen LogP contribution in [0.5, 0.6) is 0 Å². The Balaban J connectivity index is 1.87. The summed E-state index contributed by atoms with van der Waals surface area (Å²) in [6.45, 7) is 1.42. The third kappa shape index (κ3) is 6.21. The largest absolute Gasteiger partial charge is 0.454 e. The van der Waals surface area contributed by atoms with Gasteiger partial charge in [-0.25, -0.2) is 9.59 Å². The van der Waals surface area contributed by atoms with Crippen LogP contribution >= 0.6 is 11.3 Å². The van der Waals surface area contributed by atoms with Gasteiger partial charge in [0.05, 0.1) is 6.04 Å². The van der Waals surface area contributed by atoms with Crippen molar-refractivity contribution < 1.29 is 19.1 Å². The number of carbonyl (C=O) groups is 3. The fourth-order valence-corrected chi connectivity index (χ4v) is 3.08. The molecule has 2 aromatic rings. The number of urea groups is 1. The minimum absolute atomic E-state index is 0.176. The van der Waals surface area contributed by atoms with E-state index in [2.05, 4.69) is 10.6 Å². The summed E-state index contributed by atoms with van der Waals surface area (Å²) in [6.07, 6.45) is 0.218. The van der Waals surface area contributed by atoms with Gasteiger partial charge >= 0.3 is 12.0 Å². The number of benzene rings is 1. The summed E-state index contributed by atoms with van der Waals surface area (Å²) >= 11 is 1.53. The van der Waals surface area contributed by atoms with Crippen LogP contribution in [0.25, 0.3) is 0 Å². The Kier molecular flexibility index (Phi) is 7.16. The molecular formula is C18H21N3O4S. The van der Waals surface area contributed by atoms with Crippen molar-refractivity contribution in [2.45, 2.75) is 25.4 Å². The number of esters is 1. The van der Waals surface area contributed by atoms with Crippen molar-refractivity contribution >= 4 is 29.2 Å². The van der Waals surface area contributed by atoms with Crippen molar-refractivity contribution in [3.8, 4) is 0 Å². The molecule has 138 valence electrons. The molecule has 0 spiro atoms. The van der Waals surface area contributed by atoms with Gasteiger partial charge in [0.25, 0.3) is 5.91 Å². The van der Waals surface area contributed by atoms with Crippen LogP contribution in [-0.2, 0) is 20.7 Å². The normalized spacial score (nSPS) is 12.7. The average Bonchev–Trinajstić information content (AvgIpc) is 3.14. The summed E-state index contributed by atoms with van der Waals surface area (Å²) in [7, 11) is 0. The summed E-state index contributed by atoms with van der Waals surface area (Å²) in [5, 5.41) is 7.02. The van der Waals surface area contributed by atoms with Gasteiger partial charge in [-0.3, -0.25) is 4.79 Å². The first-order valence-corrected chi connectivity index (χ1v) is 8.93. The number of primary amides is 1. The van der Waals surface area contributed by atoms with E-state index in [0.717, 1.165) is 10.4 Å². The highest BCUT2D eigenvalue weighted by molar-refractivity contribution is 7.10. The standard InChI is InChI=1S/C18H21N3O4S/c1-12(15-8-5-9-26-15)20-16(22)11-25-17(23)14(21-18(19)24)10-13-6-3-2-4-7-13/h2-9,12,14H,10-11H2,1H3,(H,20,22)(H3,19,21,24)/t12-,14+/m1/s1. The molecule has 0 radical (unpaired) electrons. The quantitative estimate of drug-likeness (QED) is 0.610.